The Morgan fingerprint density at radius 2 is 1.49 bits per heavy atom. The standard InChI is InChI=1S/C33H52O6/c1-28(2)14-16-33(27(36)39-9)17-15-30(4)20(21(33)18-28)10-11-23-29(3)19-22(37-7)25(34)32(6,26(35)38-8)24(29)12-13-31(23,30)5/h10,21-25,34H,11-19H2,1-9H3/t21-,22-,23+,24+,25-,29+,30+,31+,32-,33-/m0/s1. The van der Waals surface area contributed by atoms with Crippen molar-refractivity contribution in [3.05, 3.63) is 11.6 Å². The van der Waals surface area contributed by atoms with Gasteiger partial charge in [0.25, 0.3) is 0 Å². The van der Waals surface area contributed by atoms with Crippen LogP contribution in [-0.4, -0.2) is 50.6 Å². The van der Waals surface area contributed by atoms with Gasteiger partial charge in [0.2, 0.25) is 0 Å². The van der Waals surface area contributed by atoms with E-state index in [2.05, 4.69) is 40.7 Å². The summed E-state index contributed by atoms with van der Waals surface area (Å²) in [6.45, 7) is 13.9. The number of carbonyl (C=O) groups excluding carboxylic acids is 2. The minimum absolute atomic E-state index is 0.00170. The maximum absolute atomic E-state index is 13.4. The highest BCUT2D eigenvalue weighted by atomic mass is 16.5. The average molecular weight is 545 g/mol. The van der Waals surface area contributed by atoms with Crippen molar-refractivity contribution < 1.29 is 28.9 Å². The van der Waals surface area contributed by atoms with Gasteiger partial charge in [-0.1, -0.05) is 46.3 Å². The van der Waals surface area contributed by atoms with E-state index in [0.29, 0.717) is 5.92 Å². The molecule has 6 nitrogen and oxygen atoms in total. The third-order valence-corrected chi connectivity index (χ3v) is 13.8. The fourth-order valence-electron chi connectivity index (χ4n) is 11.3. The summed E-state index contributed by atoms with van der Waals surface area (Å²) < 4.78 is 16.7. The zero-order valence-corrected chi connectivity index (χ0v) is 25.8. The van der Waals surface area contributed by atoms with Gasteiger partial charge in [0, 0.05) is 7.11 Å². The second-order valence-corrected chi connectivity index (χ2v) is 15.6. The molecule has 0 saturated heterocycles. The van der Waals surface area contributed by atoms with Crippen LogP contribution in [0.3, 0.4) is 0 Å². The lowest BCUT2D eigenvalue weighted by atomic mass is 9.33. The van der Waals surface area contributed by atoms with Gasteiger partial charge in [-0.15, -0.1) is 0 Å². The molecular formula is C33H52O6. The first-order chi connectivity index (χ1) is 18.1. The number of ether oxygens (including phenoxy) is 3. The van der Waals surface area contributed by atoms with Crippen LogP contribution in [0.1, 0.15) is 99.3 Å². The van der Waals surface area contributed by atoms with Crippen LogP contribution in [0.4, 0.5) is 0 Å². The minimum Gasteiger partial charge on any atom is -0.469 e. The van der Waals surface area contributed by atoms with Gasteiger partial charge in [-0.05, 0) is 104 Å². The number of aliphatic hydroxyl groups excluding tert-OH is 1. The summed E-state index contributed by atoms with van der Waals surface area (Å²) in [5.41, 5.74) is -0.0000484. The topological polar surface area (TPSA) is 82.1 Å². The number of esters is 2. The molecule has 0 bridgehead atoms. The van der Waals surface area contributed by atoms with Gasteiger partial charge in [0.15, 0.2) is 0 Å². The van der Waals surface area contributed by atoms with Crippen LogP contribution in [0.5, 0.6) is 0 Å². The van der Waals surface area contributed by atoms with E-state index >= 15 is 0 Å². The molecule has 0 aromatic heterocycles. The number of hydrogen-bond acceptors (Lipinski definition) is 6. The second kappa shape index (κ2) is 9.05. The van der Waals surface area contributed by atoms with Crippen LogP contribution < -0.4 is 0 Å². The molecule has 0 aromatic rings. The first-order valence-electron chi connectivity index (χ1n) is 15.2. The summed E-state index contributed by atoms with van der Waals surface area (Å²) in [4.78, 5) is 26.8. The molecular weight excluding hydrogens is 492 g/mol. The molecule has 5 aliphatic carbocycles. The first kappa shape index (κ1) is 29.1. The van der Waals surface area contributed by atoms with Gasteiger partial charge in [-0.25, -0.2) is 0 Å². The van der Waals surface area contributed by atoms with Gasteiger partial charge in [-0.3, -0.25) is 9.59 Å². The smallest absolute Gasteiger partial charge is 0.314 e. The largest absolute Gasteiger partial charge is 0.469 e. The maximum atomic E-state index is 13.4. The van der Waals surface area contributed by atoms with Crippen molar-refractivity contribution >= 4 is 11.9 Å². The van der Waals surface area contributed by atoms with E-state index in [1.807, 2.05) is 6.92 Å². The van der Waals surface area contributed by atoms with Crippen molar-refractivity contribution in [2.24, 2.45) is 50.2 Å². The number of carbonyl (C=O) groups is 2. The molecule has 0 aromatic carbocycles. The Morgan fingerprint density at radius 1 is 0.846 bits per heavy atom. The van der Waals surface area contributed by atoms with Crippen LogP contribution in [0.2, 0.25) is 0 Å². The van der Waals surface area contributed by atoms with Crippen LogP contribution in [0, 0.1) is 50.2 Å². The highest BCUT2D eigenvalue weighted by molar-refractivity contribution is 5.79. The highest BCUT2D eigenvalue weighted by Crippen LogP contribution is 2.76. The summed E-state index contributed by atoms with van der Waals surface area (Å²) >= 11 is 0. The number of hydrogen-bond donors (Lipinski definition) is 1. The van der Waals surface area contributed by atoms with Crippen molar-refractivity contribution in [3.63, 3.8) is 0 Å². The van der Waals surface area contributed by atoms with Crippen molar-refractivity contribution in [1.82, 2.24) is 0 Å². The fraction of sp³-hybridized carbons (Fsp3) is 0.879. The Labute approximate surface area is 235 Å². The van der Waals surface area contributed by atoms with E-state index in [9.17, 15) is 14.7 Å². The van der Waals surface area contributed by atoms with E-state index in [-0.39, 0.29) is 45.4 Å². The predicted molar refractivity (Wildman–Crippen MR) is 150 cm³/mol. The molecule has 5 rings (SSSR count). The molecule has 1 N–H and O–H groups in total. The Bertz CT molecular complexity index is 1060. The monoisotopic (exact) mass is 544 g/mol. The molecule has 4 fully saturated rings. The van der Waals surface area contributed by atoms with Gasteiger partial charge >= 0.3 is 11.9 Å². The van der Waals surface area contributed by atoms with Gasteiger partial charge in [-0.2, -0.15) is 0 Å². The van der Waals surface area contributed by atoms with E-state index in [1.54, 1.807) is 14.2 Å². The lowest BCUT2D eigenvalue weighted by molar-refractivity contribution is -0.244. The summed E-state index contributed by atoms with van der Waals surface area (Å²) in [6, 6.07) is 0. The number of rotatable bonds is 3. The molecule has 10 atom stereocenters. The maximum Gasteiger partial charge on any atom is 0.314 e. The third-order valence-electron chi connectivity index (χ3n) is 13.8. The number of methoxy groups -OCH3 is 3. The van der Waals surface area contributed by atoms with Gasteiger partial charge < -0.3 is 19.3 Å². The number of aliphatic hydroxyl groups is 1. The van der Waals surface area contributed by atoms with Crippen molar-refractivity contribution in [2.45, 2.75) is 112 Å². The number of allylic oxidation sites excluding steroid dienone is 2. The van der Waals surface area contributed by atoms with E-state index < -0.39 is 23.0 Å². The Hall–Kier alpha value is -1.40. The molecule has 0 heterocycles. The predicted octanol–water partition coefficient (Wildman–Crippen LogP) is 6.10. The van der Waals surface area contributed by atoms with Crippen molar-refractivity contribution in [1.29, 1.82) is 0 Å². The lowest BCUT2D eigenvalue weighted by Gasteiger charge is -2.71. The molecule has 0 unspecified atom stereocenters. The lowest BCUT2D eigenvalue weighted by Crippen LogP contribution is -2.69. The summed E-state index contributed by atoms with van der Waals surface area (Å²) in [5, 5.41) is 11.4. The van der Waals surface area contributed by atoms with Crippen molar-refractivity contribution in [2.75, 3.05) is 21.3 Å². The average Bonchev–Trinajstić information content (AvgIpc) is 2.89. The molecule has 0 radical (unpaired) electrons. The quantitative estimate of drug-likeness (QED) is 0.342. The van der Waals surface area contributed by atoms with E-state index in [4.69, 9.17) is 14.2 Å². The zero-order valence-electron chi connectivity index (χ0n) is 25.8. The molecule has 5 aliphatic rings. The Kier molecular flexibility index (Phi) is 6.75. The molecule has 220 valence electrons. The Balaban J connectivity index is 1.62. The van der Waals surface area contributed by atoms with E-state index in [1.165, 1.54) is 12.7 Å². The van der Waals surface area contributed by atoms with Crippen LogP contribution in [0.15, 0.2) is 11.6 Å². The molecule has 0 aliphatic heterocycles. The molecule has 4 saturated carbocycles. The number of fused-ring (bicyclic) bond motifs is 7. The summed E-state index contributed by atoms with van der Waals surface area (Å²) in [6.07, 6.45) is 9.50. The fourth-order valence-corrected chi connectivity index (χ4v) is 11.3. The second-order valence-electron chi connectivity index (χ2n) is 15.6. The highest BCUT2D eigenvalue weighted by Gasteiger charge is 2.72. The third kappa shape index (κ3) is 3.58. The SMILES string of the molecule is COC(=O)[C@]12CCC(C)(C)C[C@H]1C1=CC[C@@H]3[C@@]4(C)C[C@H](OC)[C@H](O)[C@@](C)(C(=O)OC)[C@@H]4CC[C@@]3(C)[C@]1(C)CC2. The normalized spacial score (nSPS) is 50.3. The van der Waals surface area contributed by atoms with Gasteiger partial charge in [0.1, 0.15) is 0 Å². The van der Waals surface area contributed by atoms with Crippen LogP contribution in [0.25, 0.3) is 0 Å². The van der Waals surface area contributed by atoms with Gasteiger partial charge in [0.05, 0.1) is 37.3 Å². The summed E-state index contributed by atoms with van der Waals surface area (Å²) in [5.74, 6) is 0.179. The van der Waals surface area contributed by atoms with E-state index in [0.717, 1.165) is 57.8 Å². The minimum atomic E-state index is -1.02. The van der Waals surface area contributed by atoms with Crippen LogP contribution >= 0.6 is 0 Å². The zero-order chi connectivity index (χ0) is 28.8. The molecule has 6 heteroatoms. The molecule has 39 heavy (non-hydrogen) atoms. The first-order valence-corrected chi connectivity index (χ1v) is 15.2. The van der Waals surface area contributed by atoms with Crippen LogP contribution in [-0.2, 0) is 23.8 Å². The Morgan fingerprint density at radius 3 is 2.10 bits per heavy atom. The molecule has 0 spiro atoms. The molecule has 0 amide bonds. The summed E-state index contributed by atoms with van der Waals surface area (Å²) in [7, 11) is 4.63. The van der Waals surface area contributed by atoms with Crippen molar-refractivity contribution in [3.8, 4) is 0 Å².